The quantitative estimate of drug-likeness (QED) is 0.288. The van der Waals surface area contributed by atoms with Gasteiger partial charge in [0, 0.05) is 36.4 Å². The average Bonchev–Trinajstić information content (AvgIpc) is 3.80. The van der Waals surface area contributed by atoms with Crippen LogP contribution in [0.2, 0.25) is 0 Å². The summed E-state index contributed by atoms with van der Waals surface area (Å²) in [4.78, 5) is 31.5. The normalized spacial score (nSPS) is 14.0. The Balaban J connectivity index is 1.28. The van der Waals surface area contributed by atoms with E-state index in [0.29, 0.717) is 51.5 Å². The molecule has 6 aromatic rings. The molecule has 0 fully saturated rings. The Bertz CT molecular complexity index is 1960. The molecule has 1 aliphatic carbocycles. The maximum atomic E-state index is 13.2. The van der Waals surface area contributed by atoms with Gasteiger partial charge in [0.05, 0.1) is 31.4 Å². The summed E-state index contributed by atoms with van der Waals surface area (Å²) in [6.45, 7) is 0. The molecule has 7 rings (SSSR count). The number of ether oxygens (including phenoxy) is 2. The Labute approximate surface area is 246 Å². The molecule has 0 radical (unpaired) electrons. The molecule has 0 bridgehead atoms. The van der Waals surface area contributed by atoms with Crippen molar-refractivity contribution >= 4 is 22.9 Å². The number of methoxy groups -OCH3 is 2. The zero-order valence-corrected chi connectivity index (χ0v) is 23.4. The zero-order chi connectivity index (χ0) is 29.5. The van der Waals surface area contributed by atoms with Gasteiger partial charge in [-0.2, -0.15) is 10.1 Å². The van der Waals surface area contributed by atoms with Crippen molar-refractivity contribution in [1.29, 1.82) is 0 Å². The lowest BCUT2D eigenvalue weighted by Gasteiger charge is -2.16. The van der Waals surface area contributed by atoms with Crippen LogP contribution in [0.5, 0.6) is 11.8 Å². The summed E-state index contributed by atoms with van der Waals surface area (Å²) >= 11 is 0. The zero-order valence-electron chi connectivity index (χ0n) is 23.4. The van der Waals surface area contributed by atoms with E-state index < -0.39 is 0 Å². The first-order chi connectivity index (χ1) is 21.0. The number of imidazole rings is 1. The second-order valence-electron chi connectivity index (χ2n) is 10.1. The molecule has 1 atom stereocenters. The molecule has 0 saturated carbocycles. The van der Waals surface area contributed by atoms with Gasteiger partial charge in [0.1, 0.15) is 11.3 Å². The minimum atomic E-state index is -0.230. The Morgan fingerprint density at radius 2 is 1.81 bits per heavy atom. The predicted molar refractivity (Wildman–Crippen MR) is 159 cm³/mol. The summed E-state index contributed by atoms with van der Waals surface area (Å²) < 4.78 is 14.2. The number of rotatable bonds is 7. The molecule has 0 aliphatic heterocycles. The van der Waals surface area contributed by atoms with Gasteiger partial charge >= 0.3 is 0 Å². The number of carbonyl (C=O) groups is 1. The van der Waals surface area contributed by atoms with E-state index in [-0.39, 0.29) is 11.9 Å². The standard InChI is InChI=1S/C31H27N9O3/c1-42-26-16-19(17-27(38-26)43-2)31(41)36-23-9-6-18-15-20(7-8-21(18)23)40-29(22-5-3-12-33-28(22)32)35-24-10-11-25(37-30(24)40)39-14-4-13-34-39/h3-5,7-8,10-17,23H,6,9H2,1-2H3,(H2,32,33)(H,36,41)/t23-/m0/s1. The summed E-state index contributed by atoms with van der Waals surface area (Å²) in [7, 11) is 3.00. The highest BCUT2D eigenvalue weighted by atomic mass is 16.5. The van der Waals surface area contributed by atoms with Crippen molar-refractivity contribution < 1.29 is 14.3 Å². The van der Waals surface area contributed by atoms with E-state index >= 15 is 0 Å². The van der Waals surface area contributed by atoms with Gasteiger partial charge in [0.15, 0.2) is 17.3 Å². The topological polar surface area (TPSA) is 148 Å². The monoisotopic (exact) mass is 573 g/mol. The lowest BCUT2D eigenvalue weighted by atomic mass is 10.1. The van der Waals surface area contributed by atoms with Crippen LogP contribution in [-0.4, -0.2) is 54.4 Å². The molecule has 1 aliphatic rings. The number of nitrogens with one attached hydrogen (secondary N) is 1. The molecule has 5 heterocycles. The van der Waals surface area contributed by atoms with Crippen molar-refractivity contribution in [1.82, 2.24) is 39.6 Å². The van der Waals surface area contributed by atoms with Crippen LogP contribution < -0.4 is 20.5 Å². The van der Waals surface area contributed by atoms with E-state index in [2.05, 4.69) is 32.5 Å². The molecule has 1 aromatic carbocycles. The van der Waals surface area contributed by atoms with Crippen LogP contribution in [-0.2, 0) is 6.42 Å². The van der Waals surface area contributed by atoms with Gasteiger partial charge in [-0.15, -0.1) is 0 Å². The van der Waals surface area contributed by atoms with Crippen molar-refractivity contribution in [3.63, 3.8) is 0 Å². The molecule has 5 aromatic heterocycles. The fourth-order valence-corrected chi connectivity index (χ4v) is 5.47. The number of hydrogen-bond acceptors (Lipinski definition) is 9. The number of nitrogens with zero attached hydrogens (tertiary/aromatic N) is 7. The van der Waals surface area contributed by atoms with Crippen LogP contribution in [0.3, 0.4) is 0 Å². The summed E-state index contributed by atoms with van der Waals surface area (Å²) in [5.41, 5.74) is 11.9. The molecule has 12 heteroatoms. The third kappa shape index (κ3) is 4.68. The molecular formula is C31H27N9O3. The lowest BCUT2D eigenvalue weighted by molar-refractivity contribution is 0.0935. The van der Waals surface area contributed by atoms with Crippen molar-refractivity contribution in [3.05, 3.63) is 95.9 Å². The van der Waals surface area contributed by atoms with Crippen LogP contribution in [0, 0.1) is 0 Å². The van der Waals surface area contributed by atoms with Gasteiger partial charge in [0.2, 0.25) is 11.8 Å². The number of nitrogen functional groups attached to an aromatic ring is 1. The SMILES string of the molecule is COc1cc(C(=O)N[C@H]2CCc3cc(-n4c(-c5cccnc5N)nc5ccc(-n6cccn6)nc54)ccc32)cc(OC)n1. The Morgan fingerprint density at radius 1 is 0.977 bits per heavy atom. The summed E-state index contributed by atoms with van der Waals surface area (Å²) in [6, 6.07) is 18.6. The Kier molecular flexibility index (Phi) is 6.42. The fraction of sp³-hybridized carbons (Fsp3) is 0.161. The van der Waals surface area contributed by atoms with E-state index in [1.54, 1.807) is 29.2 Å². The summed E-state index contributed by atoms with van der Waals surface area (Å²) in [5, 5.41) is 7.50. The molecule has 1 amide bonds. The third-order valence-corrected chi connectivity index (χ3v) is 7.54. The van der Waals surface area contributed by atoms with Crippen LogP contribution in [0.25, 0.3) is 34.1 Å². The van der Waals surface area contributed by atoms with Gasteiger partial charge in [-0.3, -0.25) is 9.36 Å². The van der Waals surface area contributed by atoms with Crippen LogP contribution in [0.4, 0.5) is 5.82 Å². The van der Waals surface area contributed by atoms with Crippen molar-refractivity contribution in [2.24, 2.45) is 0 Å². The van der Waals surface area contributed by atoms with E-state index in [1.165, 1.54) is 14.2 Å². The van der Waals surface area contributed by atoms with E-state index in [1.807, 2.05) is 47.2 Å². The van der Waals surface area contributed by atoms with Crippen LogP contribution in [0.15, 0.2) is 79.3 Å². The van der Waals surface area contributed by atoms with Gasteiger partial charge in [-0.05, 0) is 66.4 Å². The number of amides is 1. The number of hydrogen-bond donors (Lipinski definition) is 2. The first-order valence-electron chi connectivity index (χ1n) is 13.7. The molecule has 3 N–H and O–H groups in total. The van der Waals surface area contributed by atoms with Gasteiger partial charge < -0.3 is 20.5 Å². The van der Waals surface area contributed by atoms with Crippen LogP contribution in [0.1, 0.15) is 33.9 Å². The minimum Gasteiger partial charge on any atom is -0.481 e. The number of aromatic nitrogens is 7. The molecule has 12 nitrogen and oxygen atoms in total. The van der Waals surface area contributed by atoms with Gasteiger partial charge in [-0.25, -0.2) is 19.6 Å². The smallest absolute Gasteiger partial charge is 0.252 e. The number of aryl methyl sites for hydroxylation is 1. The van der Waals surface area contributed by atoms with E-state index in [9.17, 15) is 4.79 Å². The first kappa shape index (κ1) is 26.1. The molecule has 0 spiro atoms. The minimum absolute atomic E-state index is 0.154. The molecule has 43 heavy (non-hydrogen) atoms. The molecule has 0 saturated heterocycles. The van der Waals surface area contributed by atoms with Crippen molar-refractivity contribution in [3.8, 4) is 34.7 Å². The second kappa shape index (κ2) is 10.6. The first-order valence-corrected chi connectivity index (χ1v) is 13.7. The number of fused-ring (bicyclic) bond motifs is 2. The van der Waals surface area contributed by atoms with E-state index in [4.69, 9.17) is 25.2 Å². The largest absolute Gasteiger partial charge is 0.481 e. The highest BCUT2D eigenvalue weighted by Crippen LogP contribution is 2.36. The highest BCUT2D eigenvalue weighted by Gasteiger charge is 2.27. The average molecular weight is 574 g/mol. The molecule has 0 unspecified atom stereocenters. The van der Waals surface area contributed by atoms with E-state index in [0.717, 1.165) is 29.7 Å². The fourth-order valence-electron chi connectivity index (χ4n) is 5.47. The summed E-state index contributed by atoms with van der Waals surface area (Å²) in [5.74, 6) is 2.06. The Morgan fingerprint density at radius 3 is 2.56 bits per heavy atom. The van der Waals surface area contributed by atoms with Crippen molar-refractivity contribution in [2.75, 3.05) is 20.0 Å². The van der Waals surface area contributed by atoms with Gasteiger partial charge in [0.25, 0.3) is 5.91 Å². The maximum Gasteiger partial charge on any atom is 0.252 e. The molecular weight excluding hydrogens is 546 g/mol. The second-order valence-corrected chi connectivity index (χ2v) is 10.1. The summed E-state index contributed by atoms with van der Waals surface area (Å²) in [6.07, 6.45) is 6.76. The number of pyridine rings is 3. The maximum absolute atomic E-state index is 13.2. The third-order valence-electron chi connectivity index (χ3n) is 7.54. The van der Waals surface area contributed by atoms with Crippen molar-refractivity contribution in [2.45, 2.75) is 18.9 Å². The number of carbonyl (C=O) groups excluding carboxylic acids is 1. The number of nitrogens with two attached hydrogens (primary N) is 1. The number of benzene rings is 1. The lowest BCUT2D eigenvalue weighted by Crippen LogP contribution is -2.27. The highest BCUT2D eigenvalue weighted by molar-refractivity contribution is 5.95. The number of anilines is 1. The predicted octanol–water partition coefficient (Wildman–Crippen LogP) is 4.08. The van der Waals surface area contributed by atoms with Gasteiger partial charge in [-0.1, -0.05) is 6.07 Å². The van der Waals surface area contributed by atoms with Crippen LogP contribution >= 0.6 is 0 Å². The Hall–Kier alpha value is -5.78. The molecule has 214 valence electrons.